The Morgan fingerprint density at radius 3 is 2.11 bits per heavy atom. The van der Waals surface area contributed by atoms with E-state index in [2.05, 4.69) is 9.47 Å². The lowest BCUT2D eigenvalue weighted by molar-refractivity contribution is -0.274. The molecule has 0 bridgehead atoms. The van der Waals surface area contributed by atoms with Gasteiger partial charge in [-0.1, -0.05) is 0 Å². The van der Waals surface area contributed by atoms with Crippen LogP contribution >= 0.6 is 0 Å². The molecule has 9 heteroatoms. The van der Waals surface area contributed by atoms with Crippen molar-refractivity contribution in [3.63, 3.8) is 0 Å². The minimum Gasteiger partial charge on any atom is -0.497 e. The van der Waals surface area contributed by atoms with Crippen molar-refractivity contribution in [2.24, 2.45) is 0 Å². The largest absolute Gasteiger partial charge is 0.573 e. The molecule has 0 fully saturated rings. The zero-order valence-electron chi connectivity index (χ0n) is 9.22. The van der Waals surface area contributed by atoms with E-state index in [1.807, 2.05) is 0 Å². The van der Waals surface area contributed by atoms with Crippen molar-refractivity contribution < 1.29 is 40.6 Å². The van der Waals surface area contributed by atoms with Gasteiger partial charge in [0.15, 0.2) is 0 Å². The van der Waals surface area contributed by atoms with Crippen LogP contribution in [-0.4, -0.2) is 25.4 Å². The predicted octanol–water partition coefficient (Wildman–Crippen LogP) is 3.34. The van der Waals surface area contributed by atoms with Gasteiger partial charge in [-0.15, -0.1) is 13.2 Å². The molecule has 0 amide bonds. The molecule has 0 saturated carbocycles. The fourth-order valence-corrected chi connectivity index (χ4v) is 1.18. The highest BCUT2D eigenvalue weighted by Crippen LogP contribution is 2.33. The number of carbonyl (C=O) groups excluding carboxylic acids is 1. The highest BCUT2D eigenvalue weighted by Gasteiger charge is 2.42. The maximum Gasteiger partial charge on any atom is 0.573 e. The normalized spacial score (nSPS) is 12.2. The van der Waals surface area contributed by atoms with Crippen LogP contribution < -0.4 is 9.47 Å². The molecule has 0 radical (unpaired) electrons. The number of ether oxygens (including phenoxy) is 2. The van der Waals surface area contributed by atoms with Crippen molar-refractivity contribution in [1.82, 2.24) is 0 Å². The maximum atomic E-state index is 12.2. The molecular formula is C10H6F6O3. The first-order chi connectivity index (χ1) is 8.54. The lowest BCUT2D eigenvalue weighted by Gasteiger charge is -2.14. The van der Waals surface area contributed by atoms with E-state index in [4.69, 9.17) is 0 Å². The van der Waals surface area contributed by atoms with Crippen LogP contribution in [0.15, 0.2) is 18.2 Å². The molecule has 1 aromatic rings. The van der Waals surface area contributed by atoms with E-state index in [0.717, 1.165) is 13.2 Å². The standard InChI is InChI=1S/C10H6F6O3/c1-18-5-2-3-6(8(17)9(11,12)13)7(4-5)19-10(14,15)16/h2-4H,1H3. The van der Waals surface area contributed by atoms with Crippen molar-refractivity contribution >= 4 is 5.78 Å². The molecule has 0 aromatic heterocycles. The number of halogens is 6. The van der Waals surface area contributed by atoms with Crippen molar-refractivity contribution in [3.05, 3.63) is 23.8 Å². The highest BCUT2D eigenvalue weighted by atomic mass is 19.4. The lowest BCUT2D eigenvalue weighted by atomic mass is 10.1. The van der Waals surface area contributed by atoms with E-state index in [0.29, 0.717) is 12.1 Å². The zero-order chi connectivity index (χ0) is 14.8. The van der Waals surface area contributed by atoms with Crippen LogP contribution in [0, 0.1) is 0 Å². The zero-order valence-corrected chi connectivity index (χ0v) is 9.22. The molecule has 1 rings (SSSR count). The second kappa shape index (κ2) is 4.98. The van der Waals surface area contributed by atoms with E-state index in [9.17, 15) is 31.1 Å². The van der Waals surface area contributed by atoms with E-state index in [-0.39, 0.29) is 5.75 Å². The van der Waals surface area contributed by atoms with Crippen LogP contribution in [0.2, 0.25) is 0 Å². The second-order valence-corrected chi connectivity index (χ2v) is 3.24. The van der Waals surface area contributed by atoms with Crippen molar-refractivity contribution in [2.75, 3.05) is 7.11 Å². The number of rotatable bonds is 3. The second-order valence-electron chi connectivity index (χ2n) is 3.24. The third-order valence-corrected chi connectivity index (χ3v) is 1.92. The maximum absolute atomic E-state index is 12.2. The quantitative estimate of drug-likeness (QED) is 0.632. The van der Waals surface area contributed by atoms with Gasteiger partial charge in [-0.05, 0) is 12.1 Å². The Balaban J connectivity index is 3.27. The fraction of sp³-hybridized carbons (Fsp3) is 0.300. The summed E-state index contributed by atoms with van der Waals surface area (Å²) >= 11 is 0. The first-order valence-corrected chi connectivity index (χ1v) is 4.60. The van der Waals surface area contributed by atoms with Crippen LogP contribution in [-0.2, 0) is 0 Å². The highest BCUT2D eigenvalue weighted by molar-refractivity contribution is 6.02. The Hall–Kier alpha value is -1.93. The van der Waals surface area contributed by atoms with Gasteiger partial charge in [0.05, 0.1) is 12.7 Å². The van der Waals surface area contributed by atoms with Gasteiger partial charge >= 0.3 is 12.5 Å². The Labute approximate surface area is 102 Å². The van der Waals surface area contributed by atoms with Crippen molar-refractivity contribution in [3.8, 4) is 11.5 Å². The summed E-state index contributed by atoms with van der Waals surface area (Å²) in [6.07, 6.45) is -10.5. The van der Waals surface area contributed by atoms with Gasteiger partial charge < -0.3 is 9.47 Å². The average Bonchev–Trinajstić information content (AvgIpc) is 2.24. The minimum absolute atomic E-state index is 0.182. The molecule has 1 aromatic carbocycles. The molecule has 0 spiro atoms. The Morgan fingerprint density at radius 1 is 1.11 bits per heavy atom. The van der Waals surface area contributed by atoms with Crippen molar-refractivity contribution in [2.45, 2.75) is 12.5 Å². The molecule has 0 saturated heterocycles. The smallest absolute Gasteiger partial charge is 0.497 e. The van der Waals surface area contributed by atoms with Gasteiger partial charge in [-0.2, -0.15) is 13.2 Å². The number of carbonyl (C=O) groups is 1. The molecule has 3 nitrogen and oxygen atoms in total. The van der Waals surface area contributed by atoms with Gasteiger partial charge in [0, 0.05) is 6.07 Å². The summed E-state index contributed by atoms with van der Waals surface area (Å²) < 4.78 is 80.8. The van der Waals surface area contributed by atoms with Crippen LogP contribution in [0.1, 0.15) is 10.4 Å². The predicted molar refractivity (Wildman–Crippen MR) is 50.1 cm³/mol. The Morgan fingerprint density at radius 2 is 1.68 bits per heavy atom. The van der Waals surface area contributed by atoms with Crippen LogP contribution in [0.4, 0.5) is 26.3 Å². The topological polar surface area (TPSA) is 35.5 Å². The minimum atomic E-state index is -5.31. The van der Waals surface area contributed by atoms with Crippen LogP contribution in [0.25, 0.3) is 0 Å². The van der Waals surface area contributed by atoms with E-state index in [1.54, 1.807) is 0 Å². The van der Waals surface area contributed by atoms with Gasteiger partial charge in [0.25, 0.3) is 5.78 Å². The molecule has 0 aliphatic heterocycles. The summed E-state index contributed by atoms with van der Waals surface area (Å²) in [4.78, 5) is 11.0. The van der Waals surface area contributed by atoms with Crippen LogP contribution in [0.3, 0.4) is 0 Å². The number of alkyl halides is 6. The first kappa shape index (κ1) is 15.1. The summed E-state index contributed by atoms with van der Waals surface area (Å²) in [5.41, 5.74) is -1.24. The molecule has 0 unspecified atom stereocenters. The summed E-state index contributed by atoms with van der Waals surface area (Å²) in [6, 6.07) is 2.02. The summed E-state index contributed by atoms with van der Waals surface area (Å²) in [6.45, 7) is 0. The fourth-order valence-electron chi connectivity index (χ4n) is 1.18. The molecule has 0 heterocycles. The van der Waals surface area contributed by atoms with E-state index >= 15 is 0 Å². The first-order valence-electron chi connectivity index (χ1n) is 4.60. The van der Waals surface area contributed by atoms with E-state index in [1.165, 1.54) is 0 Å². The number of hydrogen-bond acceptors (Lipinski definition) is 3. The summed E-state index contributed by atoms with van der Waals surface area (Å²) in [5.74, 6) is -3.89. The number of hydrogen-bond donors (Lipinski definition) is 0. The van der Waals surface area contributed by atoms with Gasteiger partial charge in [-0.3, -0.25) is 4.79 Å². The lowest BCUT2D eigenvalue weighted by Crippen LogP contribution is -2.25. The van der Waals surface area contributed by atoms with Gasteiger partial charge in [-0.25, -0.2) is 0 Å². The molecule has 0 atom stereocenters. The van der Waals surface area contributed by atoms with Crippen molar-refractivity contribution in [1.29, 1.82) is 0 Å². The third-order valence-electron chi connectivity index (χ3n) is 1.92. The SMILES string of the molecule is COc1ccc(C(=O)C(F)(F)F)c(OC(F)(F)F)c1. The number of ketones is 1. The molecule has 0 aliphatic carbocycles. The number of methoxy groups -OCH3 is 1. The van der Waals surface area contributed by atoms with Gasteiger partial charge in [0.2, 0.25) is 0 Å². The van der Waals surface area contributed by atoms with Gasteiger partial charge in [0.1, 0.15) is 11.5 Å². The molecule has 19 heavy (non-hydrogen) atoms. The molecule has 0 aliphatic rings. The third kappa shape index (κ3) is 4.04. The molecular weight excluding hydrogens is 282 g/mol. The molecule has 0 N–H and O–H groups in total. The summed E-state index contributed by atoms with van der Waals surface area (Å²) in [7, 11) is 1.10. The van der Waals surface area contributed by atoms with Crippen LogP contribution in [0.5, 0.6) is 11.5 Å². The number of benzene rings is 1. The summed E-state index contributed by atoms with van der Waals surface area (Å²) in [5, 5.41) is 0. The van der Waals surface area contributed by atoms with E-state index < -0.39 is 29.6 Å². The number of Topliss-reactive ketones (excluding diaryl/α,β-unsaturated/α-hetero) is 1. The molecule has 106 valence electrons. The Kier molecular flexibility index (Phi) is 3.97. The monoisotopic (exact) mass is 288 g/mol. The average molecular weight is 288 g/mol. The Bertz CT molecular complexity index is 477.